The van der Waals surface area contributed by atoms with Gasteiger partial charge in [-0.3, -0.25) is 4.79 Å². The van der Waals surface area contributed by atoms with Gasteiger partial charge in [0, 0.05) is 42.3 Å². The van der Waals surface area contributed by atoms with E-state index < -0.39 is 5.97 Å². The SMILES string of the molecule is C/C=C/N1CC(SC2=C(C(=O)[O-])N3C(=O)CC3C2)CN1.CC=O.[Na+]. The van der Waals surface area contributed by atoms with Crippen molar-refractivity contribution in [3.8, 4) is 0 Å². The van der Waals surface area contributed by atoms with E-state index in [9.17, 15) is 14.7 Å². The Morgan fingerprint density at radius 3 is 2.58 bits per heavy atom. The summed E-state index contributed by atoms with van der Waals surface area (Å²) in [5.41, 5.74) is 3.33. The molecule has 0 aromatic heterocycles. The van der Waals surface area contributed by atoms with Crippen molar-refractivity contribution in [1.29, 1.82) is 0 Å². The second-order valence-electron chi connectivity index (χ2n) is 5.36. The molecule has 0 saturated carbocycles. The number of fused-ring (bicyclic) bond motifs is 1. The van der Waals surface area contributed by atoms with Crippen LogP contribution in [-0.4, -0.2) is 52.5 Å². The number of rotatable bonds is 4. The zero-order chi connectivity index (χ0) is 17.0. The summed E-state index contributed by atoms with van der Waals surface area (Å²) in [5.74, 6) is -1.34. The van der Waals surface area contributed by atoms with Crippen molar-refractivity contribution < 1.29 is 49.0 Å². The molecular formula is C15H20N3NaO4S. The zero-order valence-electron chi connectivity index (χ0n) is 14.2. The minimum atomic E-state index is -1.24. The standard InChI is InChI=1S/C13H17N3O3S.C2H4O.Na/c1-2-3-15-7-9(6-14-15)20-10-4-8-5-11(17)16(8)12(10)13(18)19;1-2-3;/h2-3,8-9,14H,4-7H2,1H3,(H,18,19);2H,1H3;/q;;+1/p-1/b3-2+;;. The molecule has 0 spiro atoms. The molecule has 3 aliphatic heterocycles. The molecule has 2 saturated heterocycles. The van der Waals surface area contributed by atoms with Gasteiger partial charge in [0.1, 0.15) is 6.29 Å². The number of allylic oxidation sites excluding steroid dienone is 1. The third kappa shape index (κ3) is 4.64. The minimum absolute atomic E-state index is 0. The van der Waals surface area contributed by atoms with Crippen LogP contribution in [0.3, 0.4) is 0 Å². The van der Waals surface area contributed by atoms with Crippen molar-refractivity contribution in [2.24, 2.45) is 0 Å². The molecule has 9 heteroatoms. The van der Waals surface area contributed by atoms with Gasteiger partial charge in [0.2, 0.25) is 5.91 Å². The average Bonchev–Trinajstić information content (AvgIpc) is 3.03. The van der Waals surface area contributed by atoms with Crippen LogP contribution in [0.5, 0.6) is 0 Å². The summed E-state index contributed by atoms with van der Waals surface area (Å²) in [6.07, 6.45) is 5.76. The Morgan fingerprint density at radius 1 is 1.38 bits per heavy atom. The van der Waals surface area contributed by atoms with Crippen molar-refractivity contribution >= 4 is 29.9 Å². The molecule has 3 aliphatic rings. The van der Waals surface area contributed by atoms with Crippen molar-refractivity contribution in [3.05, 3.63) is 22.9 Å². The molecule has 0 aromatic carbocycles. The number of hydrogen-bond donors (Lipinski definition) is 1. The largest absolute Gasteiger partial charge is 1.00 e. The van der Waals surface area contributed by atoms with Crippen LogP contribution in [0.25, 0.3) is 0 Å². The van der Waals surface area contributed by atoms with Crippen LogP contribution in [-0.2, 0) is 14.4 Å². The van der Waals surface area contributed by atoms with Gasteiger partial charge in [-0.15, -0.1) is 11.8 Å². The van der Waals surface area contributed by atoms with Crippen LogP contribution in [0, 0.1) is 0 Å². The molecule has 0 radical (unpaired) electrons. The Labute approximate surface area is 167 Å². The Hall–Kier alpha value is -0.800. The number of carboxylic acids is 1. The zero-order valence-corrected chi connectivity index (χ0v) is 17.0. The average molecular weight is 361 g/mol. The van der Waals surface area contributed by atoms with E-state index in [4.69, 9.17) is 4.79 Å². The predicted molar refractivity (Wildman–Crippen MR) is 84.5 cm³/mol. The van der Waals surface area contributed by atoms with Gasteiger partial charge in [-0.25, -0.2) is 5.43 Å². The van der Waals surface area contributed by atoms with Crippen molar-refractivity contribution in [2.45, 2.75) is 38.0 Å². The molecule has 2 fully saturated rings. The van der Waals surface area contributed by atoms with E-state index in [0.717, 1.165) is 24.3 Å². The first kappa shape index (κ1) is 21.2. The fourth-order valence-electron chi connectivity index (χ4n) is 2.86. The van der Waals surface area contributed by atoms with Gasteiger partial charge in [0.25, 0.3) is 0 Å². The molecule has 0 bridgehead atoms. The van der Waals surface area contributed by atoms with Gasteiger partial charge in [-0.2, -0.15) is 0 Å². The van der Waals surface area contributed by atoms with E-state index in [1.807, 2.05) is 24.2 Å². The van der Waals surface area contributed by atoms with E-state index in [1.165, 1.54) is 11.8 Å². The number of nitrogens with one attached hydrogen (secondary N) is 1. The maximum atomic E-state index is 11.5. The maximum Gasteiger partial charge on any atom is 1.00 e. The van der Waals surface area contributed by atoms with Crippen LogP contribution in [0.15, 0.2) is 22.9 Å². The Bertz CT molecular complexity index is 567. The summed E-state index contributed by atoms with van der Waals surface area (Å²) in [4.78, 5) is 33.8. The summed E-state index contributed by atoms with van der Waals surface area (Å²) < 4.78 is 0. The molecular weight excluding hydrogens is 341 g/mol. The van der Waals surface area contributed by atoms with Crippen LogP contribution in [0.1, 0.15) is 26.7 Å². The van der Waals surface area contributed by atoms with Gasteiger partial charge < -0.3 is 24.6 Å². The molecule has 7 nitrogen and oxygen atoms in total. The number of amides is 1. The number of aldehydes is 1. The van der Waals surface area contributed by atoms with Crippen molar-refractivity contribution in [2.75, 3.05) is 13.1 Å². The smallest absolute Gasteiger partial charge is 0.543 e. The fourth-order valence-corrected chi connectivity index (χ4v) is 4.23. The monoisotopic (exact) mass is 361 g/mol. The number of nitrogens with zero attached hydrogens (tertiary/aromatic N) is 2. The van der Waals surface area contributed by atoms with E-state index in [2.05, 4.69) is 5.43 Å². The van der Waals surface area contributed by atoms with E-state index in [1.54, 1.807) is 11.8 Å². The molecule has 1 N–H and O–H groups in total. The Morgan fingerprint density at radius 2 is 2.04 bits per heavy atom. The summed E-state index contributed by atoms with van der Waals surface area (Å²) >= 11 is 1.56. The van der Waals surface area contributed by atoms with E-state index in [0.29, 0.717) is 12.8 Å². The number of carbonyl (C=O) groups excluding carboxylic acids is 3. The maximum absolute atomic E-state index is 11.5. The summed E-state index contributed by atoms with van der Waals surface area (Å²) in [7, 11) is 0. The van der Waals surface area contributed by atoms with Gasteiger partial charge in [-0.1, -0.05) is 6.08 Å². The topological polar surface area (TPSA) is 92.8 Å². The first-order chi connectivity index (χ1) is 11.0. The Balaban J connectivity index is 0.000000671. The molecule has 3 heterocycles. The van der Waals surface area contributed by atoms with Gasteiger partial charge >= 0.3 is 29.6 Å². The molecule has 3 rings (SSSR count). The number of hydrazine groups is 1. The number of carboxylic acid groups (broad SMARTS) is 1. The van der Waals surface area contributed by atoms with E-state index in [-0.39, 0.29) is 52.5 Å². The predicted octanol–water partition coefficient (Wildman–Crippen LogP) is -3.38. The molecule has 126 valence electrons. The van der Waals surface area contributed by atoms with Crippen LogP contribution in [0.4, 0.5) is 0 Å². The van der Waals surface area contributed by atoms with Gasteiger partial charge in [0.05, 0.1) is 17.7 Å². The molecule has 2 atom stereocenters. The third-order valence-corrected chi connectivity index (χ3v) is 5.02. The summed E-state index contributed by atoms with van der Waals surface area (Å²) in [5, 5.41) is 13.5. The van der Waals surface area contributed by atoms with Crippen molar-refractivity contribution in [3.63, 3.8) is 0 Å². The van der Waals surface area contributed by atoms with Crippen LogP contribution < -0.4 is 40.1 Å². The summed E-state index contributed by atoms with van der Waals surface area (Å²) in [6.45, 7) is 5.00. The quantitative estimate of drug-likeness (QED) is 0.317. The van der Waals surface area contributed by atoms with Crippen LogP contribution >= 0.6 is 11.8 Å². The molecule has 0 aliphatic carbocycles. The third-order valence-electron chi connectivity index (χ3n) is 3.72. The number of hydrogen-bond acceptors (Lipinski definition) is 7. The second-order valence-corrected chi connectivity index (χ2v) is 6.75. The molecule has 1 amide bonds. The molecule has 24 heavy (non-hydrogen) atoms. The number of thioether (sulfide) groups is 1. The van der Waals surface area contributed by atoms with Gasteiger partial charge in [-0.05, 0) is 13.8 Å². The van der Waals surface area contributed by atoms with Gasteiger partial charge in [0.15, 0.2) is 0 Å². The first-order valence-corrected chi connectivity index (χ1v) is 8.35. The summed E-state index contributed by atoms with van der Waals surface area (Å²) in [6, 6.07) is 0.0407. The first-order valence-electron chi connectivity index (χ1n) is 7.47. The minimum Gasteiger partial charge on any atom is -0.543 e. The van der Waals surface area contributed by atoms with Crippen LogP contribution in [0.2, 0.25) is 0 Å². The number of β-lactam (4-membered cyclic amide) rings is 1. The molecule has 2 unspecified atom stereocenters. The number of carbonyl (C=O) groups is 3. The number of aliphatic carboxylic acids is 1. The molecule has 0 aromatic rings. The van der Waals surface area contributed by atoms with Crippen molar-refractivity contribution in [1.82, 2.24) is 15.3 Å². The normalized spacial score (nSPS) is 25.0. The fraction of sp³-hybridized carbons (Fsp3) is 0.533. The van der Waals surface area contributed by atoms with E-state index >= 15 is 0 Å². The second kappa shape index (κ2) is 9.62. The Kier molecular flexibility index (Phi) is 8.52.